The van der Waals surface area contributed by atoms with E-state index in [0.29, 0.717) is 6.04 Å². The second-order valence-corrected chi connectivity index (χ2v) is 6.60. The Labute approximate surface area is 120 Å². The molecule has 0 bridgehead atoms. The molecular formula is C16H24FNS. The number of thioether (sulfide) groups is 1. The summed E-state index contributed by atoms with van der Waals surface area (Å²) in [4.78, 5) is 0. The Bertz CT molecular complexity index is 360. The summed E-state index contributed by atoms with van der Waals surface area (Å²) in [5.41, 5.74) is 1.23. The van der Waals surface area contributed by atoms with Crippen molar-refractivity contribution in [2.45, 2.75) is 38.6 Å². The maximum absolute atomic E-state index is 12.9. The quantitative estimate of drug-likeness (QED) is 0.849. The molecule has 0 aliphatic carbocycles. The lowest BCUT2D eigenvalue weighted by molar-refractivity contribution is 0.366. The van der Waals surface area contributed by atoms with Gasteiger partial charge in [-0.25, -0.2) is 4.39 Å². The largest absolute Gasteiger partial charge is 0.314 e. The van der Waals surface area contributed by atoms with E-state index in [1.54, 1.807) is 12.1 Å². The third kappa shape index (κ3) is 5.15. The molecule has 2 rings (SSSR count). The first-order chi connectivity index (χ1) is 9.28. The first-order valence-corrected chi connectivity index (χ1v) is 8.49. The summed E-state index contributed by atoms with van der Waals surface area (Å²) in [5, 5.41) is 3.59. The van der Waals surface area contributed by atoms with Gasteiger partial charge >= 0.3 is 0 Å². The Hall–Kier alpha value is -0.540. The molecule has 1 heterocycles. The number of halogens is 1. The molecule has 1 N–H and O–H groups in total. The molecule has 0 spiro atoms. The Morgan fingerprint density at radius 3 is 2.58 bits per heavy atom. The average Bonchev–Trinajstić information content (AvgIpc) is 2.43. The van der Waals surface area contributed by atoms with Crippen LogP contribution in [0.4, 0.5) is 4.39 Å². The number of hydrogen-bond donors (Lipinski definition) is 1. The van der Waals surface area contributed by atoms with E-state index in [1.807, 2.05) is 12.1 Å². The van der Waals surface area contributed by atoms with Gasteiger partial charge in [0.15, 0.2) is 0 Å². The van der Waals surface area contributed by atoms with Crippen LogP contribution in [0.2, 0.25) is 0 Å². The fraction of sp³-hybridized carbons (Fsp3) is 0.625. The zero-order chi connectivity index (χ0) is 13.5. The lowest BCUT2D eigenvalue weighted by Crippen LogP contribution is -2.33. The van der Waals surface area contributed by atoms with E-state index < -0.39 is 0 Å². The topological polar surface area (TPSA) is 12.0 Å². The Kier molecular flexibility index (Phi) is 6.18. The molecule has 0 aromatic heterocycles. The number of hydrogen-bond acceptors (Lipinski definition) is 2. The van der Waals surface area contributed by atoms with E-state index in [4.69, 9.17) is 0 Å². The fourth-order valence-electron chi connectivity index (χ4n) is 2.82. The number of benzene rings is 1. The average molecular weight is 281 g/mol. The highest BCUT2D eigenvalue weighted by Gasteiger charge is 2.18. The van der Waals surface area contributed by atoms with Crippen molar-refractivity contribution in [3.8, 4) is 0 Å². The van der Waals surface area contributed by atoms with Crippen LogP contribution in [-0.4, -0.2) is 24.1 Å². The van der Waals surface area contributed by atoms with Crippen molar-refractivity contribution in [3.05, 3.63) is 35.6 Å². The summed E-state index contributed by atoms with van der Waals surface area (Å²) >= 11 is 2.08. The lowest BCUT2D eigenvalue weighted by atomic mass is 9.91. The van der Waals surface area contributed by atoms with Gasteiger partial charge in [0.25, 0.3) is 0 Å². The molecule has 0 amide bonds. The van der Waals surface area contributed by atoms with Gasteiger partial charge in [-0.05, 0) is 67.3 Å². The van der Waals surface area contributed by atoms with Crippen LogP contribution in [0.1, 0.15) is 31.7 Å². The van der Waals surface area contributed by atoms with Crippen LogP contribution >= 0.6 is 11.8 Å². The van der Waals surface area contributed by atoms with Crippen molar-refractivity contribution in [1.29, 1.82) is 0 Å². The summed E-state index contributed by atoms with van der Waals surface area (Å²) in [7, 11) is 0. The van der Waals surface area contributed by atoms with E-state index in [1.165, 1.54) is 36.3 Å². The van der Waals surface area contributed by atoms with E-state index in [9.17, 15) is 4.39 Å². The van der Waals surface area contributed by atoms with Gasteiger partial charge in [-0.2, -0.15) is 11.8 Å². The Morgan fingerprint density at radius 2 is 1.95 bits per heavy atom. The summed E-state index contributed by atoms with van der Waals surface area (Å²) < 4.78 is 12.9. The predicted molar refractivity (Wildman–Crippen MR) is 82.2 cm³/mol. The van der Waals surface area contributed by atoms with Crippen molar-refractivity contribution >= 4 is 11.8 Å². The molecule has 1 aliphatic rings. The fourth-order valence-corrected chi connectivity index (χ4v) is 4.02. The minimum absolute atomic E-state index is 0.145. The highest BCUT2D eigenvalue weighted by atomic mass is 32.2. The van der Waals surface area contributed by atoms with E-state index in [2.05, 4.69) is 24.0 Å². The van der Waals surface area contributed by atoms with Crippen LogP contribution in [0.15, 0.2) is 24.3 Å². The first-order valence-electron chi connectivity index (χ1n) is 7.33. The highest BCUT2D eigenvalue weighted by molar-refractivity contribution is 7.99. The third-order valence-corrected chi connectivity index (χ3v) is 4.90. The molecule has 1 aromatic rings. The minimum Gasteiger partial charge on any atom is -0.314 e. The van der Waals surface area contributed by atoms with Gasteiger partial charge < -0.3 is 5.32 Å². The monoisotopic (exact) mass is 281 g/mol. The molecule has 106 valence electrons. The first kappa shape index (κ1) is 14.9. The summed E-state index contributed by atoms with van der Waals surface area (Å²) in [6.45, 7) is 3.17. The van der Waals surface area contributed by atoms with Crippen LogP contribution in [0.5, 0.6) is 0 Å². The Balaban J connectivity index is 1.89. The summed E-state index contributed by atoms with van der Waals surface area (Å²) in [6.07, 6.45) is 4.98. The van der Waals surface area contributed by atoms with Gasteiger partial charge in [-0.3, -0.25) is 0 Å². The van der Waals surface area contributed by atoms with Crippen LogP contribution < -0.4 is 5.32 Å². The van der Waals surface area contributed by atoms with E-state index in [-0.39, 0.29) is 5.82 Å². The zero-order valence-corrected chi connectivity index (χ0v) is 12.5. The third-order valence-electron chi connectivity index (χ3n) is 3.85. The molecule has 1 aliphatic heterocycles. The van der Waals surface area contributed by atoms with Gasteiger partial charge in [-0.15, -0.1) is 0 Å². The molecular weight excluding hydrogens is 257 g/mol. The highest BCUT2D eigenvalue weighted by Crippen LogP contribution is 2.27. The number of likely N-dealkylation sites (N-methyl/N-ethyl adjacent to an activating group) is 1. The van der Waals surface area contributed by atoms with Crippen LogP contribution in [0.3, 0.4) is 0 Å². The number of nitrogens with one attached hydrogen (secondary N) is 1. The standard InChI is InChI=1S/C16H24FNS/c1-2-18-16(12-14-7-9-19-10-8-14)11-13-3-5-15(17)6-4-13/h3-6,14,16,18H,2,7-12H2,1H3. The van der Waals surface area contributed by atoms with Crippen LogP contribution in [-0.2, 0) is 6.42 Å². The van der Waals surface area contributed by atoms with Gasteiger partial charge in [0.1, 0.15) is 5.82 Å². The zero-order valence-electron chi connectivity index (χ0n) is 11.7. The Morgan fingerprint density at radius 1 is 1.26 bits per heavy atom. The van der Waals surface area contributed by atoms with Gasteiger partial charge in [0, 0.05) is 6.04 Å². The molecule has 0 radical (unpaired) electrons. The molecule has 1 unspecified atom stereocenters. The smallest absolute Gasteiger partial charge is 0.123 e. The second-order valence-electron chi connectivity index (χ2n) is 5.38. The van der Waals surface area contributed by atoms with Gasteiger partial charge in [0.05, 0.1) is 0 Å². The molecule has 0 saturated carbocycles. The maximum atomic E-state index is 12.9. The van der Waals surface area contributed by atoms with Crippen molar-refractivity contribution in [2.75, 3.05) is 18.1 Å². The van der Waals surface area contributed by atoms with Crippen LogP contribution in [0, 0.1) is 11.7 Å². The van der Waals surface area contributed by atoms with E-state index in [0.717, 1.165) is 18.9 Å². The molecule has 1 atom stereocenters. The van der Waals surface area contributed by atoms with Crippen molar-refractivity contribution < 1.29 is 4.39 Å². The second kappa shape index (κ2) is 7.91. The van der Waals surface area contributed by atoms with E-state index >= 15 is 0 Å². The number of rotatable bonds is 6. The molecule has 19 heavy (non-hydrogen) atoms. The van der Waals surface area contributed by atoms with Crippen LogP contribution in [0.25, 0.3) is 0 Å². The predicted octanol–water partition coefficient (Wildman–Crippen LogP) is 3.88. The van der Waals surface area contributed by atoms with Gasteiger partial charge in [0.2, 0.25) is 0 Å². The molecule has 3 heteroatoms. The SMILES string of the molecule is CCNC(Cc1ccc(F)cc1)CC1CCSCC1. The van der Waals surface area contributed by atoms with Gasteiger partial charge in [-0.1, -0.05) is 19.1 Å². The molecule has 1 fully saturated rings. The minimum atomic E-state index is -0.145. The summed E-state index contributed by atoms with van der Waals surface area (Å²) in [5.74, 6) is 3.36. The molecule has 1 nitrogen and oxygen atoms in total. The van der Waals surface area contributed by atoms with Crippen molar-refractivity contribution in [2.24, 2.45) is 5.92 Å². The van der Waals surface area contributed by atoms with Crippen molar-refractivity contribution in [1.82, 2.24) is 5.32 Å². The van der Waals surface area contributed by atoms with Crippen molar-refractivity contribution in [3.63, 3.8) is 0 Å². The molecule has 1 aromatic carbocycles. The lowest BCUT2D eigenvalue weighted by Gasteiger charge is -2.27. The summed E-state index contributed by atoms with van der Waals surface area (Å²) in [6, 6.07) is 7.49. The normalized spacial score (nSPS) is 18.4. The molecule has 1 saturated heterocycles. The maximum Gasteiger partial charge on any atom is 0.123 e.